The number of carbonyl (C=O) groups excluding carboxylic acids is 1. The van der Waals surface area contributed by atoms with E-state index in [1.54, 1.807) is 11.0 Å². The highest BCUT2D eigenvalue weighted by atomic mass is 35.5. The molecule has 8 nitrogen and oxygen atoms in total. The molecule has 1 fully saturated rings. The minimum atomic E-state index is -0.0790. The molecule has 34 heavy (non-hydrogen) atoms. The molecule has 5 rings (SSSR count). The van der Waals surface area contributed by atoms with Gasteiger partial charge in [-0.1, -0.05) is 30.3 Å². The van der Waals surface area contributed by atoms with Gasteiger partial charge in [0.25, 0.3) is 0 Å². The van der Waals surface area contributed by atoms with Crippen molar-refractivity contribution in [1.29, 1.82) is 0 Å². The Balaban J connectivity index is 1.50. The second kappa shape index (κ2) is 9.15. The van der Waals surface area contributed by atoms with Crippen LogP contribution in [-0.4, -0.2) is 43.6 Å². The van der Waals surface area contributed by atoms with Crippen molar-refractivity contribution in [3.63, 3.8) is 0 Å². The van der Waals surface area contributed by atoms with Crippen molar-refractivity contribution in [2.24, 2.45) is 0 Å². The van der Waals surface area contributed by atoms with Gasteiger partial charge in [0.1, 0.15) is 29.3 Å². The third-order valence-electron chi connectivity index (χ3n) is 5.94. The van der Waals surface area contributed by atoms with Gasteiger partial charge < -0.3 is 15.4 Å². The average molecular weight is 475 g/mol. The van der Waals surface area contributed by atoms with E-state index >= 15 is 0 Å². The van der Waals surface area contributed by atoms with Gasteiger partial charge in [0, 0.05) is 18.7 Å². The second-order valence-corrected chi connectivity index (χ2v) is 8.50. The van der Waals surface area contributed by atoms with E-state index < -0.39 is 0 Å². The molecule has 9 heteroatoms. The molecule has 2 aromatic carbocycles. The van der Waals surface area contributed by atoms with Crippen LogP contribution in [0.3, 0.4) is 0 Å². The molecule has 1 aliphatic rings. The third-order valence-corrected chi connectivity index (χ3v) is 6.25. The second-order valence-electron chi connectivity index (χ2n) is 8.09. The number of ether oxygens (including phenoxy) is 1. The molecule has 0 radical (unpaired) electrons. The lowest BCUT2D eigenvalue weighted by molar-refractivity contribution is -0.127. The summed E-state index contributed by atoms with van der Waals surface area (Å²) in [6.45, 7) is 4.85. The maximum Gasteiger partial charge on any atom is 0.246 e. The van der Waals surface area contributed by atoms with Crippen molar-refractivity contribution >= 4 is 34.4 Å². The fraction of sp³-hybridized carbons (Fsp3) is 0.200. The summed E-state index contributed by atoms with van der Waals surface area (Å²) in [5, 5.41) is 6.13. The van der Waals surface area contributed by atoms with E-state index in [-0.39, 0.29) is 11.9 Å². The Morgan fingerprint density at radius 1 is 1.18 bits per heavy atom. The van der Waals surface area contributed by atoms with Crippen LogP contribution < -0.4 is 10.5 Å². The summed E-state index contributed by atoms with van der Waals surface area (Å²) < 4.78 is 7.78. The summed E-state index contributed by atoms with van der Waals surface area (Å²) in [5.41, 5.74) is 8.45. The molecule has 0 aliphatic carbocycles. The van der Waals surface area contributed by atoms with Crippen LogP contribution in [0, 0.1) is 0 Å². The van der Waals surface area contributed by atoms with Gasteiger partial charge >= 0.3 is 0 Å². The van der Waals surface area contributed by atoms with Crippen LogP contribution in [0.5, 0.6) is 11.5 Å². The Morgan fingerprint density at radius 2 is 1.97 bits per heavy atom. The van der Waals surface area contributed by atoms with Crippen LogP contribution in [0.4, 0.5) is 5.82 Å². The van der Waals surface area contributed by atoms with E-state index in [2.05, 4.69) is 16.5 Å². The van der Waals surface area contributed by atoms with Crippen molar-refractivity contribution in [2.45, 2.75) is 18.9 Å². The first-order valence-electron chi connectivity index (χ1n) is 11.0. The number of rotatable bonds is 5. The molecule has 2 aromatic heterocycles. The van der Waals surface area contributed by atoms with Gasteiger partial charge in [-0.2, -0.15) is 5.10 Å². The molecule has 1 saturated heterocycles. The van der Waals surface area contributed by atoms with Crippen LogP contribution in [-0.2, 0) is 4.79 Å². The number of likely N-dealkylation sites (tertiary alicyclic amines) is 1. The number of benzene rings is 2. The van der Waals surface area contributed by atoms with Crippen LogP contribution in [0.25, 0.3) is 22.3 Å². The first kappa shape index (κ1) is 21.9. The zero-order valence-corrected chi connectivity index (χ0v) is 19.2. The lowest BCUT2D eigenvalue weighted by atomic mass is 10.1. The van der Waals surface area contributed by atoms with E-state index in [4.69, 9.17) is 27.2 Å². The summed E-state index contributed by atoms with van der Waals surface area (Å²) in [5.74, 6) is 1.51. The van der Waals surface area contributed by atoms with E-state index in [1.807, 2.05) is 47.1 Å². The molecular weight excluding hydrogens is 452 g/mol. The van der Waals surface area contributed by atoms with Crippen molar-refractivity contribution in [3.05, 3.63) is 72.5 Å². The monoisotopic (exact) mass is 474 g/mol. The Kier molecular flexibility index (Phi) is 5.90. The number of carbonyl (C=O) groups is 1. The minimum absolute atomic E-state index is 0.0222. The number of nitrogens with zero attached hydrogens (tertiary/aromatic N) is 5. The van der Waals surface area contributed by atoms with Gasteiger partial charge in [-0.05, 0) is 55.3 Å². The summed E-state index contributed by atoms with van der Waals surface area (Å²) in [6, 6.07) is 14.8. The van der Waals surface area contributed by atoms with Crippen LogP contribution in [0.15, 0.2) is 67.5 Å². The number of aromatic nitrogens is 4. The van der Waals surface area contributed by atoms with Gasteiger partial charge in [0.05, 0.1) is 16.5 Å². The SMILES string of the molecule is C=CC(=O)N1CCC[C@@H](n2nc(-c3ccc(Oc4ccccc4Cl)cc3)c3c(N)ncnc32)C1. The molecule has 0 unspecified atom stereocenters. The summed E-state index contributed by atoms with van der Waals surface area (Å²) >= 11 is 6.20. The highest BCUT2D eigenvalue weighted by molar-refractivity contribution is 6.32. The smallest absolute Gasteiger partial charge is 0.246 e. The lowest BCUT2D eigenvalue weighted by Crippen LogP contribution is -2.40. The Hall–Kier alpha value is -3.91. The topological polar surface area (TPSA) is 99.2 Å². The van der Waals surface area contributed by atoms with Crippen LogP contribution in [0.2, 0.25) is 5.02 Å². The molecule has 1 atom stereocenters. The number of amides is 1. The highest BCUT2D eigenvalue weighted by Crippen LogP contribution is 2.35. The summed E-state index contributed by atoms with van der Waals surface area (Å²) in [7, 11) is 0. The predicted octanol–water partition coefficient (Wildman–Crippen LogP) is 4.87. The molecule has 4 aromatic rings. The fourth-order valence-corrected chi connectivity index (χ4v) is 4.45. The number of nitrogens with two attached hydrogens (primary N) is 1. The normalized spacial score (nSPS) is 15.9. The van der Waals surface area contributed by atoms with E-state index in [0.29, 0.717) is 52.2 Å². The number of halogens is 1. The summed E-state index contributed by atoms with van der Waals surface area (Å²) in [4.78, 5) is 22.6. The molecule has 2 N–H and O–H groups in total. The van der Waals surface area contributed by atoms with E-state index in [0.717, 1.165) is 18.4 Å². The number of hydrogen-bond donors (Lipinski definition) is 1. The number of piperidine rings is 1. The van der Waals surface area contributed by atoms with Crippen molar-refractivity contribution in [2.75, 3.05) is 18.8 Å². The van der Waals surface area contributed by atoms with Gasteiger partial charge in [-0.3, -0.25) is 4.79 Å². The van der Waals surface area contributed by atoms with Crippen LogP contribution in [0.1, 0.15) is 18.9 Å². The zero-order chi connectivity index (χ0) is 23.7. The molecule has 1 aliphatic heterocycles. The Morgan fingerprint density at radius 3 is 2.74 bits per heavy atom. The predicted molar refractivity (Wildman–Crippen MR) is 132 cm³/mol. The quantitative estimate of drug-likeness (QED) is 0.414. The van der Waals surface area contributed by atoms with Crippen molar-refractivity contribution < 1.29 is 9.53 Å². The maximum atomic E-state index is 12.2. The standard InChI is InChI=1S/C25H23ClN6O2/c1-2-21(33)31-13-5-6-17(14-31)32-25-22(24(27)28-15-29-25)23(30-32)16-9-11-18(12-10-16)34-20-8-4-3-7-19(20)26/h2-4,7-12,15,17H,1,5-6,13-14H2,(H2,27,28,29)/t17-/m1/s1. The average Bonchev–Trinajstić information content (AvgIpc) is 3.26. The lowest BCUT2D eigenvalue weighted by Gasteiger charge is -2.32. The highest BCUT2D eigenvalue weighted by Gasteiger charge is 2.28. The largest absolute Gasteiger partial charge is 0.456 e. The molecule has 0 saturated carbocycles. The number of fused-ring (bicyclic) bond motifs is 1. The Bertz CT molecular complexity index is 1370. The Labute approximate surface area is 201 Å². The zero-order valence-electron chi connectivity index (χ0n) is 18.4. The van der Waals surface area contributed by atoms with Gasteiger partial charge in [0.15, 0.2) is 5.65 Å². The molecule has 1 amide bonds. The summed E-state index contributed by atoms with van der Waals surface area (Å²) in [6.07, 6.45) is 4.54. The maximum absolute atomic E-state index is 12.2. The minimum Gasteiger partial charge on any atom is -0.456 e. The number of nitrogen functional groups attached to an aromatic ring is 1. The van der Waals surface area contributed by atoms with Gasteiger partial charge in [0.2, 0.25) is 5.91 Å². The molecule has 0 bridgehead atoms. The van der Waals surface area contributed by atoms with Gasteiger partial charge in [-0.15, -0.1) is 0 Å². The third kappa shape index (κ3) is 4.08. The molecule has 172 valence electrons. The first-order valence-corrected chi connectivity index (χ1v) is 11.4. The van der Waals surface area contributed by atoms with Gasteiger partial charge in [-0.25, -0.2) is 14.6 Å². The van der Waals surface area contributed by atoms with E-state index in [9.17, 15) is 4.79 Å². The van der Waals surface area contributed by atoms with Crippen LogP contribution >= 0.6 is 11.6 Å². The number of hydrogen-bond acceptors (Lipinski definition) is 6. The number of anilines is 1. The fourth-order valence-electron chi connectivity index (χ4n) is 4.27. The number of para-hydroxylation sites is 1. The first-order chi connectivity index (χ1) is 16.5. The van der Waals surface area contributed by atoms with E-state index in [1.165, 1.54) is 12.4 Å². The van der Waals surface area contributed by atoms with Crippen molar-refractivity contribution in [1.82, 2.24) is 24.6 Å². The molecular formula is C25H23ClN6O2. The molecule has 3 heterocycles. The van der Waals surface area contributed by atoms with Crippen molar-refractivity contribution in [3.8, 4) is 22.8 Å². The molecule has 0 spiro atoms.